The molecule has 2 aromatic rings. The molecule has 2 aliphatic carbocycles. The first-order valence-electron chi connectivity index (χ1n) is 13.0. The molecule has 1 aliphatic heterocycles. The van der Waals surface area contributed by atoms with Gasteiger partial charge in [0, 0.05) is 54.9 Å². The molecule has 5 atom stereocenters. The van der Waals surface area contributed by atoms with Crippen LogP contribution in [0.25, 0.3) is 22.4 Å². The predicted octanol–water partition coefficient (Wildman–Crippen LogP) is 5.69. The Morgan fingerprint density at radius 1 is 1.23 bits per heavy atom. The van der Waals surface area contributed by atoms with Crippen LogP contribution in [0.3, 0.4) is 0 Å². The zero-order valence-electron chi connectivity index (χ0n) is 21.4. The van der Waals surface area contributed by atoms with E-state index in [0.717, 1.165) is 0 Å². The Morgan fingerprint density at radius 2 is 1.95 bits per heavy atom. The van der Waals surface area contributed by atoms with Gasteiger partial charge in [-0.05, 0) is 43.5 Å². The molecule has 1 aromatic carbocycles. The number of anilines is 1. The van der Waals surface area contributed by atoms with Crippen molar-refractivity contribution in [3.05, 3.63) is 48.3 Å². The molecular weight excluding hydrogens is 522 g/mol. The molecule has 0 spiro atoms. The number of nitrogens with one attached hydrogen (secondary N) is 2. The normalized spacial score (nSPS) is 28.4. The molecule has 2 heterocycles. The molecule has 3 fully saturated rings. The van der Waals surface area contributed by atoms with Crippen LogP contribution < -0.4 is 10.6 Å². The van der Waals surface area contributed by atoms with E-state index >= 15 is 0 Å². The second-order valence-corrected chi connectivity index (χ2v) is 10.9. The number of halogens is 6. The summed E-state index contributed by atoms with van der Waals surface area (Å²) in [6.45, 7) is 4.24. The summed E-state index contributed by atoms with van der Waals surface area (Å²) < 4.78 is 82.4. The molecule has 3 aliphatic rings. The van der Waals surface area contributed by atoms with Gasteiger partial charge in [-0.1, -0.05) is 24.8 Å². The van der Waals surface area contributed by atoms with E-state index in [1.807, 2.05) is 11.9 Å². The van der Waals surface area contributed by atoms with Crippen LogP contribution in [0.5, 0.6) is 0 Å². The summed E-state index contributed by atoms with van der Waals surface area (Å²) in [5.74, 6) is -3.99. The van der Waals surface area contributed by atoms with Crippen LogP contribution in [0.1, 0.15) is 30.7 Å². The van der Waals surface area contributed by atoms with Crippen LogP contribution in [0.2, 0.25) is 0 Å². The van der Waals surface area contributed by atoms with Crippen LogP contribution in [0.4, 0.5) is 32.0 Å². The quantitative estimate of drug-likeness (QED) is 0.434. The van der Waals surface area contributed by atoms with E-state index in [2.05, 4.69) is 22.2 Å². The number of allylic oxidation sites excluding steroid dienone is 1. The number of nitrogens with zero attached hydrogens (tertiary/aromatic N) is 2. The number of benzene rings is 1. The maximum Gasteiger partial charge on any atom is 0.417 e. The third kappa shape index (κ3) is 5.78. The van der Waals surface area contributed by atoms with E-state index in [-0.39, 0.29) is 60.4 Å². The van der Waals surface area contributed by atoms with Crippen molar-refractivity contribution in [1.29, 1.82) is 0 Å². The second kappa shape index (κ2) is 10.1. The van der Waals surface area contributed by atoms with Crippen molar-refractivity contribution >= 4 is 34.0 Å². The number of amides is 1. The standard InChI is InChI=1S/C28H30F6N4O/c1-15(28(32,33)34)25-17-6-3-7-22(37-23-8-10-38(2)14-21(23)29)18(17)11-16(36-25)5-4-9-35-26(39)24-19-12-27(30,31)13-20(19)24/h3-7,11,19-21,23-24,37H,1,8-10,12-14H2,2H3,(H,35,39)/b5-4+/t19-,20+,21-,23+,24?/m0/s1. The fourth-order valence-corrected chi connectivity index (χ4v) is 5.91. The smallest absolute Gasteiger partial charge is 0.379 e. The number of hydrogen-bond donors (Lipinski definition) is 2. The molecule has 1 unspecified atom stereocenters. The largest absolute Gasteiger partial charge is 0.417 e. The highest BCUT2D eigenvalue weighted by Gasteiger charge is 2.65. The number of fused-ring (bicyclic) bond motifs is 2. The lowest BCUT2D eigenvalue weighted by atomic mass is 9.99. The molecule has 0 bridgehead atoms. The number of likely N-dealkylation sites (tertiary alicyclic amines) is 1. The molecule has 5 nitrogen and oxygen atoms in total. The summed E-state index contributed by atoms with van der Waals surface area (Å²) in [5.41, 5.74) is -0.745. The summed E-state index contributed by atoms with van der Waals surface area (Å²) in [4.78, 5) is 18.4. The number of aromatic nitrogens is 1. The summed E-state index contributed by atoms with van der Waals surface area (Å²) in [6.07, 6.45) is -2.83. The van der Waals surface area contributed by atoms with E-state index in [1.54, 1.807) is 24.3 Å². The van der Waals surface area contributed by atoms with Gasteiger partial charge in [-0.2, -0.15) is 13.2 Å². The maximum atomic E-state index is 14.7. The topological polar surface area (TPSA) is 57.3 Å². The second-order valence-electron chi connectivity index (χ2n) is 10.9. The number of alkyl halides is 6. The minimum absolute atomic E-state index is 0.0689. The lowest BCUT2D eigenvalue weighted by Crippen LogP contribution is -2.46. The minimum atomic E-state index is -4.71. The zero-order valence-corrected chi connectivity index (χ0v) is 21.4. The van der Waals surface area contributed by atoms with Gasteiger partial charge in [0.05, 0.1) is 23.0 Å². The predicted molar refractivity (Wildman–Crippen MR) is 138 cm³/mol. The van der Waals surface area contributed by atoms with Gasteiger partial charge in [0.15, 0.2) is 0 Å². The van der Waals surface area contributed by atoms with Crippen molar-refractivity contribution < 1.29 is 31.1 Å². The van der Waals surface area contributed by atoms with Gasteiger partial charge in [-0.25, -0.2) is 18.2 Å². The Bertz CT molecular complexity index is 1290. The first-order chi connectivity index (χ1) is 18.3. The highest BCUT2D eigenvalue weighted by atomic mass is 19.4. The van der Waals surface area contributed by atoms with Crippen molar-refractivity contribution in [1.82, 2.24) is 15.2 Å². The molecule has 1 aromatic heterocycles. The molecule has 1 amide bonds. The van der Waals surface area contributed by atoms with Crippen molar-refractivity contribution in [2.75, 3.05) is 32.0 Å². The Labute approximate surface area is 222 Å². The van der Waals surface area contributed by atoms with E-state index in [1.165, 1.54) is 12.1 Å². The molecule has 5 rings (SSSR count). The van der Waals surface area contributed by atoms with Crippen molar-refractivity contribution in [2.45, 2.75) is 43.6 Å². The number of rotatable bonds is 7. The van der Waals surface area contributed by atoms with Crippen molar-refractivity contribution in [3.8, 4) is 0 Å². The van der Waals surface area contributed by atoms with E-state index in [9.17, 15) is 31.1 Å². The van der Waals surface area contributed by atoms with Gasteiger partial charge in [0.2, 0.25) is 11.8 Å². The molecule has 39 heavy (non-hydrogen) atoms. The molecule has 2 N–H and O–H groups in total. The SMILES string of the molecule is C=C(c1nc(/C=C/CNC(=O)C2[C@H]3CC(F)(F)C[C@@H]23)cc2c(N[C@@H]3CCN(C)C[C@@H]3F)cccc12)C(F)(F)F. The number of carbonyl (C=O) groups excluding carboxylic acids is 1. The molecule has 11 heteroatoms. The van der Waals surface area contributed by atoms with Crippen molar-refractivity contribution in [3.63, 3.8) is 0 Å². The average molecular weight is 553 g/mol. The van der Waals surface area contributed by atoms with Gasteiger partial charge < -0.3 is 15.5 Å². The lowest BCUT2D eigenvalue weighted by Gasteiger charge is -2.33. The molecule has 210 valence electrons. The van der Waals surface area contributed by atoms with Crippen LogP contribution in [-0.4, -0.2) is 66.8 Å². The summed E-state index contributed by atoms with van der Waals surface area (Å²) >= 11 is 0. The third-order valence-electron chi connectivity index (χ3n) is 7.99. The van der Waals surface area contributed by atoms with Gasteiger partial charge in [0.1, 0.15) is 6.17 Å². The summed E-state index contributed by atoms with van der Waals surface area (Å²) in [5, 5.41) is 6.54. The first-order valence-corrected chi connectivity index (χ1v) is 13.0. The minimum Gasteiger partial charge on any atom is -0.379 e. The third-order valence-corrected chi connectivity index (χ3v) is 7.99. The maximum absolute atomic E-state index is 14.7. The number of carbonyl (C=O) groups is 1. The van der Waals surface area contributed by atoms with Crippen LogP contribution in [0.15, 0.2) is 36.9 Å². The highest BCUT2D eigenvalue weighted by molar-refractivity contribution is 6.00. The fourth-order valence-electron chi connectivity index (χ4n) is 5.91. The molecule has 1 saturated heterocycles. The average Bonchev–Trinajstić information content (AvgIpc) is 3.39. The molecule has 0 radical (unpaired) electrons. The van der Waals surface area contributed by atoms with Gasteiger partial charge in [-0.3, -0.25) is 4.79 Å². The highest BCUT2D eigenvalue weighted by Crippen LogP contribution is 2.62. The van der Waals surface area contributed by atoms with Gasteiger partial charge in [-0.15, -0.1) is 0 Å². The van der Waals surface area contributed by atoms with E-state index in [0.29, 0.717) is 24.0 Å². The number of hydrogen-bond acceptors (Lipinski definition) is 4. The first kappa shape index (κ1) is 27.5. The monoisotopic (exact) mass is 552 g/mol. The molecular formula is C28H30F6N4O. The van der Waals surface area contributed by atoms with E-state index in [4.69, 9.17) is 0 Å². The Kier molecular flexibility index (Phi) is 7.15. The van der Waals surface area contributed by atoms with E-state index < -0.39 is 35.8 Å². The Hall–Kier alpha value is -3.08. The zero-order chi connectivity index (χ0) is 28.1. The van der Waals surface area contributed by atoms with Gasteiger partial charge >= 0.3 is 6.18 Å². The number of pyridine rings is 1. The van der Waals surface area contributed by atoms with Crippen LogP contribution >= 0.6 is 0 Å². The fraction of sp³-hybridized carbons (Fsp3) is 0.500. The van der Waals surface area contributed by atoms with Crippen LogP contribution in [0, 0.1) is 17.8 Å². The summed E-state index contributed by atoms with van der Waals surface area (Å²) in [7, 11) is 1.83. The Balaban J connectivity index is 1.36. The summed E-state index contributed by atoms with van der Waals surface area (Å²) in [6, 6.07) is 5.92. The van der Waals surface area contributed by atoms with Crippen LogP contribution in [-0.2, 0) is 4.79 Å². The van der Waals surface area contributed by atoms with Crippen molar-refractivity contribution in [2.24, 2.45) is 17.8 Å². The lowest BCUT2D eigenvalue weighted by molar-refractivity contribution is -0.123. The number of piperidine rings is 1. The molecule has 2 saturated carbocycles. The van der Waals surface area contributed by atoms with Gasteiger partial charge in [0.25, 0.3) is 0 Å². The Morgan fingerprint density at radius 3 is 2.62 bits per heavy atom.